The molecule has 2 N–H and O–H groups in total. The molecule has 1 saturated heterocycles. The summed E-state index contributed by atoms with van der Waals surface area (Å²) in [6.07, 6.45) is 5.34. The molecule has 1 heterocycles. The highest BCUT2D eigenvalue weighted by atomic mass is 32.2. The second kappa shape index (κ2) is 9.30. The molecule has 2 rings (SSSR count). The van der Waals surface area contributed by atoms with E-state index in [0.29, 0.717) is 9.23 Å². The van der Waals surface area contributed by atoms with Crippen molar-refractivity contribution in [1.29, 1.82) is 0 Å². The third-order valence-corrected chi connectivity index (χ3v) is 4.92. The summed E-state index contributed by atoms with van der Waals surface area (Å²) in [6, 6.07) is 8.70. The molecule has 1 atom stereocenters. The van der Waals surface area contributed by atoms with Crippen LogP contribution in [0.2, 0.25) is 0 Å². The van der Waals surface area contributed by atoms with Gasteiger partial charge in [-0.05, 0) is 18.6 Å². The minimum atomic E-state index is -1.11. The van der Waals surface area contributed by atoms with Crippen LogP contribution in [0.5, 0.6) is 0 Å². The molecule has 26 heavy (non-hydrogen) atoms. The van der Waals surface area contributed by atoms with Crippen molar-refractivity contribution in [2.45, 2.75) is 19.4 Å². The third kappa shape index (κ3) is 5.53. The Labute approximate surface area is 160 Å². The maximum atomic E-state index is 12.4. The molecular formula is C18H18N2O4S2. The molecule has 0 aromatic heterocycles. The number of thioether (sulfide) groups is 1. The molecule has 1 aromatic rings. The lowest BCUT2D eigenvalue weighted by atomic mass is 10.2. The van der Waals surface area contributed by atoms with Crippen molar-refractivity contribution in [3.8, 4) is 0 Å². The third-order valence-electron chi connectivity index (χ3n) is 3.52. The Hall–Kier alpha value is -2.45. The number of benzene rings is 1. The van der Waals surface area contributed by atoms with Crippen molar-refractivity contribution in [2.24, 2.45) is 0 Å². The van der Waals surface area contributed by atoms with Crippen LogP contribution in [0.3, 0.4) is 0 Å². The number of rotatable bonds is 7. The molecule has 1 unspecified atom stereocenters. The van der Waals surface area contributed by atoms with Gasteiger partial charge in [0.25, 0.3) is 5.91 Å². The van der Waals surface area contributed by atoms with E-state index in [4.69, 9.17) is 17.3 Å². The van der Waals surface area contributed by atoms with Gasteiger partial charge in [-0.15, -0.1) is 0 Å². The molecule has 1 fully saturated rings. The van der Waals surface area contributed by atoms with Crippen LogP contribution in [0, 0.1) is 0 Å². The Kier molecular flexibility index (Phi) is 7.11. The number of aliphatic carboxylic acids is 1. The van der Waals surface area contributed by atoms with E-state index in [1.807, 2.05) is 36.4 Å². The van der Waals surface area contributed by atoms with Crippen LogP contribution in [0.15, 0.2) is 47.4 Å². The van der Waals surface area contributed by atoms with E-state index in [9.17, 15) is 14.4 Å². The fraction of sp³-hybridized carbons (Fsp3) is 0.222. The van der Waals surface area contributed by atoms with Crippen LogP contribution in [-0.4, -0.2) is 44.7 Å². The maximum Gasteiger partial charge on any atom is 0.325 e. The van der Waals surface area contributed by atoms with Gasteiger partial charge in [-0.2, -0.15) is 0 Å². The molecule has 6 nitrogen and oxygen atoms in total. The van der Waals surface area contributed by atoms with Crippen molar-refractivity contribution >= 4 is 52.2 Å². The normalized spacial score (nSPS) is 17.1. The number of thiocarbonyl (C=S) groups is 1. The zero-order valence-corrected chi connectivity index (χ0v) is 15.7. The van der Waals surface area contributed by atoms with Gasteiger partial charge in [-0.3, -0.25) is 19.3 Å². The first-order chi connectivity index (χ1) is 12.4. The second-order valence-corrected chi connectivity index (χ2v) is 7.18. The Morgan fingerprint density at radius 3 is 2.69 bits per heavy atom. The summed E-state index contributed by atoms with van der Waals surface area (Å²) >= 11 is 6.38. The molecule has 0 bridgehead atoms. The maximum absolute atomic E-state index is 12.4. The summed E-state index contributed by atoms with van der Waals surface area (Å²) in [7, 11) is 0. The van der Waals surface area contributed by atoms with E-state index in [1.54, 1.807) is 12.2 Å². The first-order valence-corrected chi connectivity index (χ1v) is 9.10. The number of carboxylic acid groups (broad SMARTS) is 1. The number of hydrogen-bond donors (Lipinski definition) is 2. The number of carbonyl (C=O) groups is 3. The van der Waals surface area contributed by atoms with Crippen molar-refractivity contribution in [1.82, 2.24) is 10.2 Å². The van der Waals surface area contributed by atoms with Gasteiger partial charge >= 0.3 is 5.97 Å². The molecule has 0 spiro atoms. The first kappa shape index (κ1) is 19.9. The molecule has 1 aliphatic rings. The Balaban J connectivity index is 1.92. The van der Waals surface area contributed by atoms with Gasteiger partial charge in [0, 0.05) is 13.0 Å². The predicted molar refractivity (Wildman–Crippen MR) is 105 cm³/mol. The number of amides is 2. The molecule has 1 aromatic carbocycles. The van der Waals surface area contributed by atoms with Gasteiger partial charge in [-0.1, -0.05) is 66.5 Å². The summed E-state index contributed by atoms with van der Waals surface area (Å²) in [5, 5.41) is 11.1. The molecule has 8 heteroatoms. The first-order valence-electron chi connectivity index (χ1n) is 7.87. The highest BCUT2D eigenvalue weighted by Gasteiger charge is 2.31. The minimum Gasteiger partial charge on any atom is -0.480 e. The summed E-state index contributed by atoms with van der Waals surface area (Å²) in [6.45, 7) is 1.49. The number of carbonyl (C=O) groups excluding carboxylic acids is 2. The molecule has 1 aliphatic heterocycles. The predicted octanol–water partition coefficient (Wildman–Crippen LogP) is 2.42. The van der Waals surface area contributed by atoms with E-state index in [2.05, 4.69) is 5.32 Å². The van der Waals surface area contributed by atoms with E-state index in [0.717, 1.165) is 5.56 Å². The van der Waals surface area contributed by atoms with E-state index < -0.39 is 17.9 Å². The average Bonchev–Trinajstić information content (AvgIpc) is 2.87. The Bertz CT molecular complexity index is 775. The van der Waals surface area contributed by atoms with Gasteiger partial charge < -0.3 is 10.4 Å². The Morgan fingerprint density at radius 1 is 1.35 bits per heavy atom. The SMILES string of the molecule is CC(NC(=O)CCN1C(=O)C(=CC=Cc2ccccc2)SC1=S)C(=O)O. The highest BCUT2D eigenvalue weighted by Crippen LogP contribution is 2.31. The van der Waals surface area contributed by atoms with Crippen molar-refractivity contribution < 1.29 is 19.5 Å². The van der Waals surface area contributed by atoms with Crippen LogP contribution >= 0.6 is 24.0 Å². The molecule has 0 aliphatic carbocycles. The number of nitrogens with one attached hydrogen (secondary N) is 1. The lowest BCUT2D eigenvalue weighted by Gasteiger charge is -2.15. The zero-order valence-electron chi connectivity index (χ0n) is 14.0. The molecule has 2 amide bonds. The van der Waals surface area contributed by atoms with Crippen LogP contribution in [0.25, 0.3) is 6.08 Å². The van der Waals surface area contributed by atoms with Gasteiger partial charge in [0.05, 0.1) is 4.91 Å². The Morgan fingerprint density at radius 2 is 2.04 bits per heavy atom. The molecule has 136 valence electrons. The lowest BCUT2D eigenvalue weighted by molar-refractivity contribution is -0.141. The number of nitrogens with zero attached hydrogens (tertiary/aromatic N) is 1. The van der Waals surface area contributed by atoms with Crippen LogP contribution in [0.4, 0.5) is 0 Å². The number of carboxylic acids is 1. The smallest absolute Gasteiger partial charge is 0.325 e. The van der Waals surface area contributed by atoms with Gasteiger partial charge in [0.1, 0.15) is 10.4 Å². The van der Waals surface area contributed by atoms with E-state index in [-0.39, 0.29) is 18.9 Å². The van der Waals surface area contributed by atoms with Gasteiger partial charge in [-0.25, -0.2) is 0 Å². The number of allylic oxidation sites excluding steroid dienone is 2. The number of hydrogen-bond acceptors (Lipinski definition) is 5. The quantitative estimate of drug-likeness (QED) is 0.549. The second-order valence-electron chi connectivity index (χ2n) is 5.50. The lowest BCUT2D eigenvalue weighted by Crippen LogP contribution is -2.40. The fourth-order valence-corrected chi connectivity index (χ4v) is 3.37. The average molecular weight is 390 g/mol. The van der Waals surface area contributed by atoms with E-state index >= 15 is 0 Å². The minimum absolute atomic E-state index is 0.0167. The van der Waals surface area contributed by atoms with Crippen LogP contribution < -0.4 is 5.32 Å². The monoisotopic (exact) mass is 390 g/mol. The van der Waals surface area contributed by atoms with Crippen molar-refractivity contribution in [2.75, 3.05) is 6.54 Å². The summed E-state index contributed by atoms with van der Waals surface area (Å²) in [4.78, 5) is 36.7. The topological polar surface area (TPSA) is 86.7 Å². The van der Waals surface area contributed by atoms with Crippen LogP contribution in [0.1, 0.15) is 18.9 Å². The fourth-order valence-electron chi connectivity index (χ4n) is 2.11. The van der Waals surface area contributed by atoms with Crippen molar-refractivity contribution in [3.05, 3.63) is 53.0 Å². The van der Waals surface area contributed by atoms with Crippen molar-refractivity contribution in [3.63, 3.8) is 0 Å². The summed E-state index contributed by atoms with van der Waals surface area (Å²) < 4.78 is 0.383. The van der Waals surface area contributed by atoms with Crippen LogP contribution in [-0.2, 0) is 14.4 Å². The summed E-state index contributed by atoms with van der Waals surface area (Å²) in [5.74, 6) is -1.81. The van der Waals surface area contributed by atoms with Gasteiger partial charge in [0.2, 0.25) is 5.91 Å². The standard InChI is InChI=1S/C18H18N2O4S2/c1-12(17(23)24)19-15(21)10-11-20-16(22)14(26-18(20)25)9-5-8-13-6-3-2-4-7-13/h2-9,12H,10-11H2,1H3,(H,19,21)(H,23,24). The zero-order chi connectivity index (χ0) is 19.1. The van der Waals surface area contributed by atoms with E-state index in [1.165, 1.54) is 23.6 Å². The summed E-state index contributed by atoms with van der Waals surface area (Å²) in [5.41, 5.74) is 1.02. The molecule has 0 saturated carbocycles. The highest BCUT2D eigenvalue weighted by molar-refractivity contribution is 8.26. The van der Waals surface area contributed by atoms with Gasteiger partial charge in [0.15, 0.2) is 0 Å². The largest absolute Gasteiger partial charge is 0.480 e. The molecule has 0 radical (unpaired) electrons. The molecular weight excluding hydrogens is 372 g/mol.